The van der Waals surface area contributed by atoms with Crippen LogP contribution in [0.4, 0.5) is 0 Å². The number of nitrogens with zero attached hydrogens (tertiary/aromatic N) is 2. The predicted octanol–water partition coefficient (Wildman–Crippen LogP) is 1.94. The number of carbonyl (C=O) groups excluding carboxylic acids is 1. The number of hydrogen-bond acceptors (Lipinski definition) is 6. The van der Waals surface area contributed by atoms with Crippen LogP contribution < -0.4 is 0 Å². The van der Waals surface area contributed by atoms with Crippen LogP contribution in [-0.4, -0.2) is 67.3 Å². The van der Waals surface area contributed by atoms with Crippen molar-refractivity contribution in [3.05, 3.63) is 0 Å². The van der Waals surface area contributed by atoms with Crippen LogP contribution in [0.5, 0.6) is 0 Å². The minimum atomic E-state index is -4.19. The fourth-order valence-electron chi connectivity index (χ4n) is 3.33. The number of ether oxygens (including phenoxy) is 2. The predicted molar refractivity (Wildman–Crippen MR) is 95.8 cm³/mol. The van der Waals surface area contributed by atoms with Gasteiger partial charge in [0.1, 0.15) is 0 Å². The van der Waals surface area contributed by atoms with Crippen LogP contribution in [0, 0.1) is 5.92 Å². The Kier molecular flexibility index (Phi) is 8.75. The summed E-state index contributed by atoms with van der Waals surface area (Å²) in [6, 6.07) is 0. The molecule has 9 heteroatoms. The highest BCUT2D eigenvalue weighted by Gasteiger charge is 2.38. The second kappa shape index (κ2) is 10.6. The first kappa shape index (κ1) is 21.6. The Hall–Kier alpha value is -0.740. The Labute approximate surface area is 156 Å². The first-order valence-electron chi connectivity index (χ1n) is 9.69. The van der Waals surface area contributed by atoms with Crippen molar-refractivity contribution in [1.29, 1.82) is 0 Å². The first-order chi connectivity index (χ1) is 12.5. The maximum Gasteiger partial charge on any atom is 0.329 e. The van der Waals surface area contributed by atoms with Crippen LogP contribution in [0.1, 0.15) is 58.3 Å². The molecule has 0 aromatic carbocycles. The van der Waals surface area contributed by atoms with E-state index >= 15 is 0 Å². The van der Waals surface area contributed by atoms with Crippen molar-refractivity contribution in [2.24, 2.45) is 5.92 Å². The summed E-state index contributed by atoms with van der Waals surface area (Å²) in [6.45, 7) is 4.18. The number of amides is 1. The highest BCUT2D eigenvalue weighted by Crippen LogP contribution is 2.22. The zero-order valence-electron chi connectivity index (χ0n) is 15.6. The van der Waals surface area contributed by atoms with Gasteiger partial charge in [0.25, 0.3) is 5.91 Å². The van der Waals surface area contributed by atoms with Gasteiger partial charge in [-0.25, -0.2) is 0 Å². The topological polar surface area (TPSA) is 96.4 Å². The lowest BCUT2D eigenvalue weighted by atomic mass is 10.00. The third-order valence-electron chi connectivity index (χ3n) is 5.06. The highest BCUT2D eigenvalue weighted by atomic mass is 32.2. The molecule has 0 bridgehead atoms. The molecular weight excluding hydrogens is 360 g/mol. The normalized spacial score (nSPS) is 21.0. The first-order valence-corrected chi connectivity index (χ1v) is 11.1. The van der Waals surface area contributed by atoms with E-state index in [1.54, 1.807) is 0 Å². The van der Waals surface area contributed by atoms with Gasteiger partial charge in [0, 0.05) is 38.8 Å². The molecule has 152 valence electrons. The Morgan fingerprint density at radius 2 is 1.81 bits per heavy atom. The molecule has 2 aliphatic rings. The van der Waals surface area contributed by atoms with Gasteiger partial charge in [0.15, 0.2) is 0 Å². The van der Waals surface area contributed by atoms with Crippen molar-refractivity contribution in [1.82, 2.24) is 8.77 Å². The van der Waals surface area contributed by atoms with Gasteiger partial charge in [-0.1, -0.05) is 30.7 Å². The third kappa shape index (κ3) is 5.88. The fraction of sp³-hybridized carbons (Fsp3) is 0.941. The highest BCUT2D eigenvalue weighted by molar-refractivity contribution is 7.87. The smallest absolute Gasteiger partial charge is 0.329 e. The van der Waals surface area contributed by atoms with Gasteiger partial charge in [-0.3, -0.25) is 10.0 Å². The van der Waals surface area contributed by atoms with E-state index in [2.05, 4.69) is 6.92 Å². The van der Waals surface area contributed by atoms with E-state index in [0.29, 0.717) is 45.5 Å². The molecule has 0 aliphatic carbocycles. The number of hydrogen-bond donors (Lipinski definition) is 1. The van der Waals surface area contributed by atoms with Gasteiger partial charge in [-0.05, 0) is 32.1 Å². The average molecular weight is 393 g/mol. The summed E-state index contributed by atoms with van der Waals surface area (Å²) in [4.78, 5) is 12.3. The van der Waals surface area contributed by atoms with Gasteiger partial charge in [0.2, 0.25) is 0 Å². The number of carbonyl (C=O) groups is 1. The maximum atomic E-state index is 12.5. The van der Waals surface area contributed by atoms with Gasteiger partial charge in [0.05, 0.1) is 6.10 Å². The summed E-state index contributed by atoms with van der Waals surface area (Å²) >= 11 is 0. The number of unbranched alkanes of at least 4 members (excludes halogenated alkanes) is 3. The lowest BCUT2D eigenvalue weighted by molar-refractivity contribution is -0.154. The zero-order chi connectivity index (χ0) is 19.0. The Balaban J connectivity index is 1.78. The molecule has 2 rings (SSSR count). The summed E-state index contributed by atoms with van der Waals surface area (Å²) in [5.74, 6) is -1.27. The van der Waals surface area contributed by atoms with Crippen LogP contribution in [0.3, 0.4) is 0 Å². The van der Waals surface area contributed by atoms with Crippen molar-refractivity contribution >= 4 is 16.1 Å². The van der Waals surface area contributed by atoms with Gasteiger partial charge in [-0.2, -0.15) is 12.7 Å². The molecule has 8 nitrogen and oxygen atoms in total. The van der Waals surface area contributed by atoms with Crippen molar-refractivity contribution in [2.75, 3.05) is 32.9 Å². The molecule has 2 heterocycles. The fourth-order valence-corrected chi connectivity index (χ4v) is 4.60. The Morgan fingerprint density at radius 3 is 2.42 bits per heavy atom. The molecule has 0 aromatic rings. The Morgan fingerprint density at radius 1 is 1.15 bits per heavy atom. The average Bonchev–Trinajstić information content (AvgIpc) is 2.67. The molecule has 0 saturated carbocycles. The van der Waals surface area contributed by atoms with Gasteiger partial charge >= 0.3 is 10.2 Å². The molecule has 0 unspecified atom stereocenters. The summed E-state index contributed by atoms with van der Waals surface area (Å²) in [7, 11) is -4.19. The summed E-state index contributed by atoms with van der Waals surface area (Å²) in [5, 5.41) is 10.0. The monoisotopic (exact) mass is 392 g/mol. The number of hydroxylamine groups is 1. The van der Waals surface area contributed by atoms with E-state index in [0.717, 1.165) is 12.8 Å². The number of piperidine rings is 1. The zero-order valence-corrected chi connectivity index (χ0v) is 16.5. The van der Waals surface area contributed by atoms with Crippen LogP contribution in [0.2, 0.25) is 0 Å². The molecule has 2 fully saturated rings. The van der Waals surface area contributed by atoms with Crippen LogP contribution in [-0.2, 0) is 24.5 Å². The standard InChI is InChI=1S/C17H32N2O6S/c1-2-3-4-5-12-25-16-6-10-18(11-7-16)26(22,23)19(21)17(20)15-8-13-24-14-9-15/h15-16,21H,2-14H2,1H3. The van der Waals surface area contributed by atoms with Gasteiger partial charge < -0.3 is 9.47 Å². The van der Waals surface area contributed by atoms with E-state index in [1.807, 2.05) is 0 Å². The van der Waals surface area contributed by atoms with Crippen LogP contribution >= 0.6 is 0 Å². The van der Waals surface area contributed by atoms with Crippen molar-refractivity contribution in [3.8, 4) is 0 Å². The molecular formula is C17H32N2O6S. The molecule has 0 spiro atoms. The molecule has 1 amide bonds. The van der Waals surface area contributed by atoms with Crippen LogP contribution in [0.15, 0.2) is 0 Å². The van der Waals surface area contributed by atoms with E-state index in [1.165, 1.54) is 17.1 Å². The second-order valence-electron chi connectivity index (χ2n) is 7.01. The summed E-state index contributed by atoms with van der Waals surface area (Å²) in [6.07, 6.45) is 6.61. The van der Waals surface area contributed by atoms with E-state index in [-0.39, 0.29) is 23.7 Å². The minimum Gasteiger partial charge on any atom is -0.381 e. The molecule has 2 saturated heterocycles. The summed E-state index contributed by atoms with van der Waals surface area (Å²) < 4.78 is 37.1. The maximum absolute atomic E-state index is 12.5. The Bertz CT molecular complexity index is 527. The van der Waals surface area contributed by atoms with E-state index in [4.69, 9.17) is 9.47 Å². The SMILES string of the molecule is CCCCCCOC1CCN(S(=O)(=O)N(O)C(=O)C2CCOCC2)CC1. The van der Waals surface area contributed by atoms with Crippen molar-refractivity contribution < 1.29 is 27.9 Å². The number of rotatable bonds is 9. The minimum absolute atomic E-state index is 0.0430. The quantitative estimate of drug-likeness (QED) is 0.366. The molecule has 0 radical (unpaired) electrons. The van der Waals surface area contributed by atoms with Crippen molar-refractivity contribution in [2.45, 2.75) is 64.4 Å². The molecule has 0 aromatic heterocycles. The van der Waals surface area contributed by atoms with E-state index in [9.17, 15) is 18.4 Å². The summed E-state index contributed by atoms with van der Waals surface area (Å²) in [5.41, 5.74) is 0. The molecule has 2 aliphatic heterocycles. The molecule has 1 N–H and O–H groups in total. The molecule has 0 atom stereocenters. The van der Waals surface area contributed by atoms with Crippen molar-refractivity contribution in [3.63, 3.8) is 0 Å². The third-order valence-corrected chi connectivity index (χ3v) is 6.69. The molecule has 26 heavy (non-hydrogen) atoms. The van der Waals surface area contributed by atoms with Gasteiger partial charge in [-0.15, -0.1) is 0 Å². The lowest BCUT2D eigenvalue weighted by Gasteiger charge is -2.33. The van der Waals surface area contributed by atoms with E-state index < -0.39 is 22.0 Å². The van der Waals surface area contributed by atoms with Crippen LogP contribution in [0.25, 0.3) is 0 Å². The second-order valence-corrected chi connectivity index (χ2v) is 8.76. The lowest BCUT2D eigenvalue weighted by Crippen LogP contribution is -2.50. The largest absolute Gasteiger partial charge is 0.381 e.